The maximum Gasteiger partial charge on any atom is 0.335 e. The van der Waals surface area contributed by atoms with Crippen molar-refractivity contribution >= 4 is 53.7 Å². The van der Waals surface area contributed by atoms with E-state index in [0.29, 0.717) is 57.8 Å². The Morgan fingerprint density at radius 3 is 1.02 bits per heavy atom. The van der Waals surface area contributed by atoms with Gasteiger partial charge >= 0.3 is 53.7 Å². The van der Waals surface area contributed by atoms with Gasteiger partial charge in [0.2, 0.25) is 0 Å². The molecular weight excluding hydrogens is 808 g/mol. The minimum atomic E-state index is -2.08. The molecule has 0 aromatic carbocycles. The monoisotopic (exact) mass is 870 g/mol. The van der Waals surface area contributed by atoms with Crippen molar-refractivity contribution < 1.29 is 90.9 Å². The fraction of sp³-hybridized carbons (Fsp3) is 0.643. The maximum atomic E-state index is 13.0. The van der Waals surface area contributed by atoms with Crippen LogP contribution in [-0.2, 0) is 85.8 Å². The van der Waals surface area contributed by atoms with E-state index in [1.165, 1.54) is 20.8 Å². The second-order valence-corrected chi connectivity index (χ2v) is 13.7. The Bertz CT molecular complexity index is 1480. The van der Waals surface area contributed by atoms with E-state index in [-0.39, 0.29) is 95.4 Å². The first-order valence-corrected chi connectivity index (χ1v) is 20.1. The van der Waals surface area contributed by atoms with Gasteiger partial charge in [0.25, 0.3) is 0 Å². The number of carbonyl (C=O) groups is 9. The van der Waals surface area contributed by atoms with E-state index in [9.17, 15) is 48.3 Å². The van der Waals surface area contributed by atoms with Gasteiger partial charge in [-0.3, -0.25) is 24.0 Å². The number of aliphatic hydroxyl groups excluding tert-OH is 1. The van der Waals surface area contributed by atoms with Crippen LogP contribution in [0.3, 0.4) is 0 Å². The molecular formula is C42H62O19. The van der Waals surface area contributed by atoms with Crippen LogP contribution in [0, 0.1) is 5.92 Å². The summed E-state index contributed by atoms with van der Waals surface area (Å²) in [6.07, 6.45) is 0.908. The Hall–Kier alpha value is -5.59. The maximum absolute atomic E-state index is 13.0. The van der Waals surface area contributed by atoms with Gasteiger partial charge in [-0.15, -0.1) is 0 Å². The Labute approximate surface area is 356 Å². The normalized spacial score (nSPS) is 11.4. The van der Waals surface area contributed by atoms with Crippen molar-refractivity contribution in [2.24, 2.45) is 5.92 Å². The van der Waals surface area contributed by atoms with Gasteiger partial charge in [0.05, 0.1) is 26.2 Å². The number of hydrogen-bond donors (Lipinski definition) is 1. The first kappa shape index (κ1) is 55.4. The summed E-state index contributed by atoms with van der Waals surface area (Å²) in [7, 11) is 0. The molecule has 0 aromatic rings. The predicted molar refractivity (Wildman–Crippen MR) is 213 cm³/mol. The molecule has 0 aliphatic rings. The highest BCUT2D eigenvalue weighted by Crippen LogP contribution is 2.17. The number of hydrogen-bond acceptors (Lipinski definition) is 19. The molecule has 19 heteroatoms. The Balaban J connectivity index is 4.83. The smallest absolute Gasteiger partial charge is 0.335 e. The van der Waals surface area contributed by atoms with Crippen molar-refractivity contribution in [1.82, 2.24) is 0 Å². The summed E-state index contributed by atoms with van der Waals surface area (Å²) in [5, 5.41) is 10.8. The molecule has 0 saturated heterocycles. The quantitative estimate of drug-likeness (QED) is 0.0412. The Morgan fingerprint density at radius 2 is 0.672 bits per heavy atom. The van der Waals surface area contributed by atoms with Gasteiger partial charge in [-0.1, -0.05) is 19.7 Å². The van der Waals surface area contributed by atoms with Crippen LogP contribution in [0.25, 0.3) is 0 Å². The summed E-state index contributed by atoms with van der Waals surface area (Å²) in [6.45, 7) is 13.8. The zero-order chi connectivity index (χ0) is 46.0. The lowest BCUT2D eigenvalue weighted by atomic mass is 9.98. The van der Waals surface area contributed by atoms with Crippen LogP contribution >= 0.6 is 0 Å². The van der Waals surface area contributed by atoms with Crippen molar-refractivity contribution in [3.8, 4) is 0 Å². The largest absolute Gasteiger partial charge is 0.466 e. The molecule has 0 fully saturated rings. The molecule has 0 bridgehead atoms. The van der Waals surface area contributed by atoms with Gasteiger partial charge in [-0.05, 0) is 78.6 Å². The van der Waals surface area contributed by atoms with Crippen molar-refractivity contribution in [2.75, 3.05) is 59.5 Å². The molecule has 1 N–H and O–H groups in total. The fourth-order valence-electron chi connectivity index (χ4n) is 4.55. The van der Waals surface area contributed by atoms with Gasteiger partial charge in [0.15, 0.2) is 6.10 Å². The van der Waals surface area contributed by atoms with Gasteiger partial charge in [-0.2, -0.15) is 0 Å². The molecule has 2 atom stereocenters. The molecule has 0 aromatic heterocycles. The van der Waals surface area contributed by atoms with Gasteiger partial charge in [0.1, 0.15) is 45.6 Å². The van der Waals surface area contributed by atoms with E-state index in [0.717, 1.165) is 0 Å². The molecule has 0 amide bonds. The number of rotatable bonds is 35. The Morgan fingerprint density at radius 1 is 0.377 bits per heavy atom. The molecule has 0 rings (SSSR count). The summed E-state index contributed by atoms with van der Waals surface area (Å²) in [5.41, 5.74) is 0.657. The van der Waals surface area contributed by atoms with Gasteiger partial charge in [-0.25, -0.2) is 19.2 Å². The topological polar surface area (TPSA) is 257 Å². The highest BCUT2D eigenvalue weighted by molar-refractivity contribution is 5.88. The number of aliphatic hydroxyl groups is 1. The summed E-state index contributed by atoms with van der Waals surface area (Å²) < 4.78 is 45.0. The van der Waals surface area contributed by atoms with E-state index in [2.05, 4.69) is 19.7 Å². The number of ether oxygens (including phenoxy) is 9. The SMILES string of the molecule is C=C(C)C(=O)OCCOC(=O)CCCCCOC(=O)CC(C(=O)OCCCCCC(=O)OCCOC(=O)C(=C)C)C(O)C(=O)OCCCCCC(=O)OCCOC(=O)C(=C)C. The van der Waals surface area contributed by atoms with E-state index < -0.39 is 72.2 Å². The van der Waals surface area contributed by atoms with Crippen LogP contribution in [0.15, 0.2) is 36.5 Å². The van der Waals surface area contributed by atoms with Gasteiger partial charge < -0.3 is 47.7 Å². The summed E-state index contributed by atoms with van der Waals surface area (Å²) in [5.74, 6) is -8.09. The van der Waals surface area contributed by atoms with E-state index in [1.54, 1.807) is 0 Å². The first-order valence-electron chi connectivity index (χ1n) is 20.1. The van der Waals surface area contributed by atoms with Crippen LogP contribution in [0.5, 0.6) is 0 Å². The second kappa shape index (κ2) is 34.2. The molecule has 0 saturated carbocycles. The third kappa shape index (κ3) is 30.1. The van der Waals surface area contributed by atoms with E-state index in [4.69, 9.17) is 42.6 Å². The average molecular weight is 871 g/mol. The minimum Gasteiger partial charge on any atom is -0.466 e. The molecule has 0 heterocycles. The third-order valence-corrected chi connectivity index (χ3v) is 7.92. The average Bonchev–Trinajstić information content (AvgIpc) is 3.21. The minimum absolute atomic E-state index is 0.0547. The van der Waals surface area contributed by atoms with Crippen LogP contribution in [-0.4, -0.2) is 124 Å². The Kier molecular flexibility index (Phi) is 31.0. The van der Waals surface area contributed by atoms with Crippen molar-refractivity contribution in [3.05, 3.63) is 36.5 Å². The zero-order valence-corrected chi connectivity index (χ0v) is 35.6. The molecule has 19 nitrogen and oxygen atoms in total. The molecule has 0 aliphatic heterocycles. The number of carbonyl (C=O) groups excluding carboxylic acids is 9. The summed E-state index contributed by atoms with van der Waals surface area (Å²) in [4.78, 5) is 108. The lowest BCUT2D eigenvalue weighted by Crippen LogP contribution is -2.39. The number of esters is 9. The molecule has 2 unspecified atom stereocenters. The molecule has 0 spiro atoms. The molecule has 61 heavy (non-hydrogen) atoms. The van der Waals surface area contributed by atoms with Crippen molar-refractivity contribution in [2.45, 2.75) is 110 Å². The zero-order valence-electron chi connectivity index (χ0n) is 35.6. The van der Waals surface area contributed by atoms with Crippen LogP contribution in [0.4, 0.5) is 0 Å². The summed E-state index contributed by atoms with van der Waals surface area (Å²) in [6, 6.07) is 0. The van der Waals surface area contributed by atoms with Gasteiger partial charge in [0, 0.05) is 36.0 Å². The predicted octanol–water partition coefficient (Wildman–Crippen LogP) is 3.65. The molecule has 344 valence electrons. The first-order chi connectivity index (χ1) is 29.0. The number of unbranched alkanes of at least 4 members (excludes halogenated alkanes) is 6. The third-order valence-electron chi connectivity index (χ3n) is 7.92. The fourth-order valence-corrected chi connectivity index (χ4v) is 4.55. The van der Waals surface area contributed by atoms with Crippen LogP contribution in [0.1, 0.15) is 104 Å². The molecule has 0 aliphatic carbocycles. The van der Waals surface area contributed by atoms with Crippen molar-refractivity contribution in [1.29, 1.82) is 0 Å². The lowest BCUT2D eigenvalue weighted by Gasteiger charge is -2.20. The van der Waals surface area contributed by atoms with E-state index >= 15 is 0 Å². The highest BCUT2D eigenvalue weighted by Gasteiger charge is 2.37. The van der Waals surface area contributed by atoms with E-state index in [1.807, 2.05) is 0 Å². The summed E-state index contributed by atoms with van der Waals surface area (Å²) >= 11 is 0. The second-order valence-electron chi connectivity index (χ2n) is 13.7. The van der Waals surface area contributed by atoms with Crippen molar-refractivity contribution in [3.63, 3.8) is 0 Å². The standard InChI is InChI=1S/C42H62O19/c1-29(2)38(48)59-25-22-54-33(43)16-10-7-13-19-53-36(46)28-32(41(51)57-20-14-8-11-17-34(44)55-23-26-60-39(49)30(3)4)37(47)42(52)58-21-15-9-12-18-35(45)56-24-27-61-40(50)31(5)6/h32,37,47H,1,3,5,7-28H2,2,4,6H3. The lowest BCUT2D eigenvalue weighted by molar-refractivity contribution is -0.170. The molecule has 0 radical (unpaired) electrons. The highest BCUT2D eigenvalue weighted by atomic mass is 16.6. The van der Waals surface area contributed by atoms with Crippen LogP contribution < -0.4 is 0 Å². The van der Waals surface area contributed by atoms with Crippen LogP contribution in [0.2, 0.25) is 0 Å².